The van der Waals surface area contributed by atoms with Crippen LogP contribution in [-0.2, 0) is 11.3 Å². The third kappa shape index (κ3) is 4.73. The average molecular weight is 344 g/mol. The molecule has 2 heterocycles. The van der Waals surface area contributed by atoms with E-state index >= 15 is 0 Å². The lowest BCUT2D eigenvalue weighted by atomic mass is 10.1. The van der Waals surface area contributed by atoms with E-state index in [1.165, 1.54) is 0 Å². The van der Waals surface area contributed by atoms with Gasteiger partial charge in [-0.05, 0) is 37.6 Å². The molecule has 2 atom stereocenters. The van der Waals surface area contributed by atoms with Crippen LogP contribution in [0.15, 0.2) is 36.7 Å². The molecule has 0 fully saturated rings. The molecule has 1 aromatic carbocycles. The minimum atomic E-state index is -0.105. The maximum atomic E-state index is 12.2. The number of hydrogen-bond acceptors (Lipinski definition) is 5. The van der Waals surface area contributed by atoms with Crippen molar-refractivity contribution in [1.29, 1.82) is 0 Å². The molecule has 0 bridgehead atoms. The van der Waals surface area contributed by atoms with E-state index in [4.69, 9.17) is 9.47 Å². The monoisotopic (exact) mass is 344 g/mol. The Morgan fingerprint density at radius 3 is 2.84 bits per heavy atom. The summed E-state index contributed by atoms with van der Waals surface area (Å²) >= 11 is 0. The molecule has 7 nitrogen and oxygen atoms in total. The molecule has 134 valence electrons. The summed E-state index contributed by atoms with van der Waals surface area (Å²) in [5.41, 5.74) is 0.988. The van der Waals surface area contributed by atoms with E-state index in [-0.39, 0.29) is 24.5 Å². The van der Waals surface area contributed by atoms with Crippen LogP contribution in [0.25, 0.3) is 0 Å². The number of benzene rings is 1. The number of ether oxygens (including phenoxy) is 2. The molecule has 3 rings (SSSR count). The lowest BCUT2D eigenvalue weighted by Crippen LogP contribution is -2.40. The maximum absolute atomic E-state index is 12.2. The van der Waals surface area contributed by atoms with Gasteiger partial charge in [0.25, 0.3) is 0 Å². The number of carbonyl (C=O) groups excluding carboxylic acids is 1. The minimum Gasteiger partial charge on any atom is -0.486 e. The van der Waals surface area contributed by atoms with Gasteiger partial charge in [0.1, 0.15) is 13.2 Å². The van der Waals surface area contributed by atoms with E-state index in [0.29, 0.717) is 13.2 Å². The van der Waals surface area contributed by atoms with E-state index < -0.39 is 0 Å². The fourth-order valence-electron chi connectivity index (χ4n) is 2.73. The molecule has 1 aliphatic heterocycles. The summed E-state index contributed by atoms with van der Waals surface area (Å²) in [4.78, 5) is 12.2. The molecule has 1 aromatic heterocycles. The van der Waals surface area contributed by atoms with Crippen molar-refractivity contribution in [3.05, 3.63) is 42.2 Å². The Labute approximate surface area is 147 Å². The van der Waals surface area contributed by atoms with Gasteiger partial charge in [-0.1, -0.05) is 6.07 Å². The molecule has 25 heavy (non-hydrogen) atoms. The van der Waals surface area contributed by atoms with Crippen molar-refractivity contribution in [2.75, 3.05) is 19.8 Å². The topological polar surface area (TPSA) is 77.4 Å². The lowest BCUT2D eigenvalue weighted by molar-refractivity contribution is -0.121. The van der Waals surface area contributed by atoms with Crippen molar-refractivity contribution in [2.45, 2.75) is 32.5 Å². The lowest BCUT2D eigenvalue weighted by Gasteiger charge is -2.21. The molecule has 0 spiro atoms. The van der Waals surface area contributed by atoms with Gasteiger partial charge in [0, 0.05) is 18.4 Å². The zero-order valence-electron chi connectivity index (χ0n) is 14.6. The van der Waals surface area contributed by atoms with Crippen molar-refractivity contribution >= 4 is 5.91 Å². The van der Waals surface area contributed by atoms with Gasteiger partial charge >= 0.3 is 0 Å². The Hall–Kier alpha value is -2.54. The number of aromatic nitrogens is 2. The Balaban J connectivity index is 1.47. The van der Waals surface area contributed by atoms with E-state index in [2.05, 4.69) is 15.7 Å². The SMILES string of the molecule is C[C@H](NC(=O)CN[C@@H](C)Cn1cccn1)c1ccc2c(c1)OCCO2. The molecular weight excluding hydrogens is 320 g/mol. The maximum Gasteiger partial charge on any atom is 0.234 e. The average Bonchev–Trinajstić information content (AvgIpc) is 3.12. The van der Waals surface area contributed by atoms with Crippen LogP contribution in [0.1, 0.15) is 25.5 Å². The van der Waals surface area contributed by atoms with Crippen molar-refractivity contribution < 1.29 is 14.3 Å². The molecule has 2 N–H and O–H groups in total. The van der Waals surface area contributed by atoms with Gasteiger partial charge in [0.05, 0.1) is 19.1 Å². The van der Waals surface area contributed by atoms with Gasteiger partial charge in [-0.3, -0.25) is 9.48 Å². The molecule has 0 unspecified atom stereocenters. The second-order valence-corrected chi connectivity index (χ2v) is 6.20. The highest BCUT2D eigenvalue weighted by Gasteiger charge is 2.16. The normalized spacial score (nSPS) is 15.4. The van der Waals surface area contributed by atoms with Gasteiger partial charge in [0.15, 0.2) is 11.5 Å². The highest BCUT2D eigenvalue weighted by Crippen LogP contribution is 2.32. The molecule has 1 aliphatic rings. The number of rotatable bonds is 7. The molecule has 7 heteroatoms. The molecule has 2 aromatic rings. The smallest absolute Gasteiger partial charge is 0.234 e. The molecule has 0 aliphatic carbocycles. The second-order valence-electron chi connectivity index (χ2n) is 6.20. The first-order chi connectivity index (χ1) is 12.1. The fraction of sp³-hybridized carbons (Fsp3) is 0.444. The van der Waals surface area contributed by atoms with E-state index in [0.717, 1.165) is 23.6 Å². The number of nitrogens with zero attached hydrogens (tertiary/aromatic N) is 2. The number of nitrogens with one attached hydrogen (secondary N) is 2. The van der Waals surface area contributed by atoms with Crippen LogP contribution < -0.4 is 20.1 Å². The quantitative estimate of drug-likeness (QED) is 0.796. The molecule has 0 saturated heterocycles. The summed E-state index contributed by atoms with van der Waals surface area (Å²) in [6.07, 6.45) is 3.65. The van der Waals surface area contributed by atoms with E-state index in [1.54, 1.807) is 6.20 Å². The van der Waals surface area contributed by atoms with E-state index in [1.807, 2.05) is 49.0 Å². The Morgan fingerprint density at radius 2 is 2.08 bits per heavy atom. The van der Waals surface area contributed by atoms with Crippen LogP contribution in [0.3, 0.4) is 0 Å². The van der Waals surface area contributed by atoms with E-state index in [9.17, 15) is 4.79 Å². The molecule has 0 saturated carbocycles. The summed E-state index contributed by atoms with van der Waals surface area (Å²) in [5, 5.41) is 10.4. The van der Waals surface area contributed by atoms with Gasteiger partial charge in [0.2, 0.25) is 5.91 Å². The van der Waals surface area contributed by atoms with Crippen LogP contribution in [0.2, 0.25) is 0 Å². The first-order valence-electron chi connectivity index (χ1n) is 8.51. The Kier molecular flexibility index (Phi) is 5.55. The zero-order valence-corrected chi connectivity index (χ0v) is 14.6. The second kappa shape index (κ2) is 8.02. The number of hydrogen-bond donors (Lipinski definition) is 2. The first-order valence-corrected chi connectivity index (χ1v) is 8.51. The summed E-state index contributed by atoms with van der Waals surface area (Å²) in [5.74, 6) is 1.44. The van der Waals surface area contributed by atoms with Crippen molar-refractivity contribution in [1.82, 2.24) is 20.4 Å². The zero-order chi connectivity index (χ0) is 17.6. The van der Waals surface area contributed by atoms with Crippen LogP contribution >= 0.6 is 0 Å². The highest BCUT2D eigenvalue weighted by molar-refractivity contribution is 5.78. The summed E-state index contributed by atoms with van der Waals surface area (Å²) in [6.45, 7) is 6.08. The fourth-order valence-corrected chi connectivity index (χ4v) is 2.73. The minimum absolute atomic E-state index is 0.0466. The predicted molar refractivity (Wildman–Crippen MR) is 93.7 cm³/mol. The van der Waals surface area contributed by atoms with Gasteiger partial charge in [-0.15, -0.1) is 0 Å². The van der Waals surface area contributed by atoms with Crippen molar-refractivity contribution in [3.63, 3.8) is 0 Å². The molecule has 1 amide bonds. The Morgan fingerprint density at radius 1 is 1.28 bits per heavy atom. The largest absolute Gasteiger partial charge is 0.486 e. The van der Waals surface area contributed by atoms with Gasteiger partial charge in [-0.25, -0.2) is 0 Å². The molecular formula is C18H24N4O3. The number of amides is 1. The summed E-state index contributed by atoms with van der Waals surface area (Å²) in [7, 11) is 0. The third-order valence-electron chi connectivity index (χ3n) is 4.07. The standard InChI is InChI=1S/C18H24N4O3/c1-13(12-22-7-3-6-20-22)19-11-18(23)21-14(2)15-4-5-16-17(10-15)25-9-8-24-16/h3-7,10,13-14,19H,8-9,11-12H2,1-2H3,(H,21,23)/t13-,14-/m0/s1. The van der Waals surface area contributed by atoms with Crippen LogP contribution in [0, 0.1) is 0 Å². The van der Waals surface area contributed by atoms with Gasteiger partial charge < -0.3 is 20.1 Å². The van der Waals surface area contributed by atoms with Crippen LogP contribution in [0.4, 0.5) is 0 Å². The number of fused-ring (bicyclic) bond motifs is 1. The van der Waals surface area contributed by atoms with Crippen LogP contribution in [0.5, 0.6) is 11.5 Å². The number of carbonyl (C=O) groups is 1. The molecule has 0 radical (unpaired) electrons. The van der Waals surface area contributed by atoms with Crippen molar-refractivity contribution in [3.8, 4) is 11.5 Å². The first kappa shape index (κ1) is 17.3. The van der Waals surface area contributed by atoms with Gasteiger partial charge in [-0.2, -0.15) is 5.10 Å². The van der Waals surface area contributed by atoms with Crippen molar-refractivity contribution in [2.24, 2.45) is 0 Å². The van der Waals surface area contributed by atoms with Crippen LogP contribution in [-0.4, -0.2) is 41.5 Å². The highest BCUT2D eigenvalue weighted by atomic mass is 16.6. The summed E-state index contributed by atoms with van der Waals surface area (Å²) < 4.78 is 12.9. The summed E-state index contributed by atoms with van der Waals surface area (Å²) in [6, 6.07) is 7.69. The Bertz CT molecular complexity index is 702. The third-order valence-corrected chi connectivity index (χ3v) is 4.07. The predicted octanol–water partition coefficient (Wildman–Crippen LogP) is 1.51.